The van der Waals surface area contributed by atoms with Crippen molar-refractivity contribution in [1.29, 1.82) is 0 Å². The Hall–Kier alpha value is -2.97. The third-order valence-corrected chi connectivity index (χ3v) is 3.03. The van der Waals surface area contributed by atoms with Crippen molar-refractivity contribution < 1.29 is 28.8 Å². The van der Waals surface area contributed by atoms with Crippen molar-refractivity contribution in [2.45, 2.75) is 46.3 Å². The first-order valence-corrected chi connectivity index (χ1v) is 7.94. The number of nitro groups is 1. The van der Waals surface area contributed by atoms with Crippen molar-refractivity contribution >= 4 is 23.5 Å². The lowest BCUT2D eigenvalue weighted by Gasteiger charge is -2.23. The minimum absolute atomic E-state index is 0.0747. The molecular weight excluding hydrogens is 344 g/mol. The van der Waals surface area contributed by atoms with Gasteiger partial charge in [-0.25, -0.2) is 9.59 Å². The van der Waals surface area contributed by atoms with Crippen LogP contribution < -0.4 is 5.32 Å². The van der Waals surface area contributed by atoms with Crippen molar-refractivity contribution in [3.63, 3.8) is 0 Å². The van der Waals surface area contributed by atoms with Crippen molar-refractivity contribution in [3.8, 4) is 0 Å². The van der Waals surface area contributed by atoms with Crippen LogP contribution >= 0.6 is 0 Å². The van der Waals surface area contributed by atoms with E-state index in [1.165, 1.54) is 6.92 Å². The second-order valence-corrected chi connectivity index (χ2v) is 6.53. The molecule has 26 heavy (non-hydrogen) atoms. The number of carbonyl (C=O) groups excluding carboxylic acids is 3. The van der Waals surface area contributed by atoms with Gasteiger partial charge >= 0.3 is 11.9 Å². The lowest BCUT2D eigenvalue weighted by atomic mass is 10.1. The SMILES string of the molecule is CCOC(=O)c1cc(C(=O)OC(C)C(=O)NC(C)(C)C)cc([N+](=O)[O-])c1. The smallest absolute Gasteiger partial charge is 0.339 e. The number of esters is 2. The lowest BCUT2D eigenvalue weighted by Crippen LogP contribution is -2.46. The number of hydrogen-bond donors (Lipinski definition) is 1. The summed E-state index contributed by atoms with van der Waals surface area (Å²) in [7, 11) is 0. The molecule has 1 atom stereocenters. The Balaban J connectivity index is 3.05. The molecule has 0 saturated carbocycles. The van der Waals surface area contributed by atoms with E-state index < -0.39 is 40.1 Å². The quantitative estimate of drug-likeness (QED) is 0.465. The highest BCUT2D eigenvalue weighted by Crippen LogP contribution is 2.19. The summed E-state index contributed by atoms with van der Waals surface area (Å²) in [6, 6.07) is 3.10. The number of ether oxygens (including phenoxy) is 2. The summed E-state index contributed by atoms with van der Waals surface area (Å²) in [6.07, 6.45) is -1.12. The van der Waals surface area contributed by atoms with E-state index in [-0.39, 0.29) is 17.7 Å². The molecule has 1 aromatic rings. The molecule has 9 nitrogen and oxygen atoms in total. The summed E-state index contributed by atoms with van der Waals surface area (Å²) in [6.45, 7) is 8.34. The van der Waals surface area contributed by atoms with Gasteiger partial charge in [0, 0.05) is 17.7 Å². The Morgan fingerprint density at radius 2 is 1.69 bits per heavy atom. The minimum atomic E-state index is -1.12. The van der Waals surface area contributed by atoms with E-state index in [9.17, 15) is 24.5 Å². The highest BCUT2D eigenvalue weighted by Gasteiger charge is 2.25. The van der Waals surface area contributed by atoms with Crippen molar-refractivity contribution in [2.75, 3.05) is 6.61 Å². The summed E-state index contributed by atoms with van der Waals surface area (Å²) in [5.74, 6) is -2.28. The Bertz CT molecular complexity index is 722. The van der Waals surface area contributed by atoms with Gasteiger partial charge in [-0.3, -0.25) is 14.9 Å². The maximum Gasteiger partial charge on any atom is 0.339 e. The molecule has 142 valence electrons. The molecule has 0 aliphatic heterocycles. The molecule has 0 saturated heterocycles. The maximum atomic E-state index is 12.3. The summed E-state index contributed by atoms with van der Waals surface area (Å²) in [5.41, 5.74) is -1.35. The monoisotopic (exact) mass is 366 g/mol. The Morgan fingerprint density at radius 3 is 2.15 bits per heavy atom. The van der Waals surface area contributed by atoms with Crippen molar-refractivity contribution in [2.24, 2.45) is 0 Å². The van der Waals surface area contributed by atoms with Crippen LogP contribution in [0.25, 0.3) is 0 Å². The molecule has 0 fully saturated rings. The Morgan fingerprint density at radius 1 is 1.15 bits per heavy atom. The predicted molar refractivity (Wildman–Crippen MR) is 91.8 cm³/mol. The summed E-state index contributed by atoms with van der Waals surface area (Å²) in [5, 5.41) is 13.7. The Kier molecular flexibility index (Phi) is 6.82. The van der Waals surface area contributed by atoms with E-state index in [1.807, 2.05) is 0 Å². The highest BCUT2D eigenvalue weighted by molar-refractivity contribution is 5.97. The molecule has 0 radical (unpaired) electrons. The van der Waals surface area contributed by atoms with Gasteiger partial charge in [0.15, 0.2) is 6.10 Å². The second-order valence-electron chi connectivity index (χ2n) is 6.53. The number of carbonyl (C=O) groups is 3. The van der Waals surface area contributed by atoms with Crippen LogP contribution in [0.1, 0.15) is 55.3 Å². The molecule has 0 spiro atoms. The maximum absolute atomic E-state index is 12.3. The topological polar surface area (TPSA) is 125 Å². The number of nitro benzene ring substituents is 1. The first-order valence-electron chi connectivity index (χ1n) is 7.94. The van der Waals surface area contributed by atoms with Crippen LogP contribution in [-0.2, 0) is 14.3 Å². The molecule has 9 heteroatoms. The fraction of sp³-hybridized carbons (Fsp3) is 0.471. The zero-order chi connectivity index (χ0) is 20.1. The number of rotatable bonds is 6. The van der Waals surface area contributed by atoms with E-state index >= 15 is 0 Å². The third-order valence-electron chi connectivity index (χ3n) is 3.03. The molecule has 0 aliphatic carbocycles. The first-order chi connectivity index (χ1) is 11.9. The number of nitrogens with one attached hydrogen (secondary N) is 1. The molecule has 1 rings (SSSR count). The van der Waals surface area contributed by atoms with E-state index in [2.05, 4.69) is 5.32 Å². The van der Waals surface area contributed by atoms with Crippen LogP contribution in [-0.4, -0.2) is 41.0 Å². The van der Waals surface area contributed by atoms with Gasteiger partial charge in [-0.05, 0) is 40.7 Å². The van der Waals surface area contributed by atoms with Crippen LogP contribution in [0, 0.1) is 10.1 Å². The standard InChI is InChI=1S/C17H22N2O7/c1-6-25-15(21)11-7-12(9-13(8-11)19(23)24)16(22)26-10(2)14(20)18-17(3,4)5/h7-10H,6H2,1-5H3,(H,18,20). The molecule has 1 aromatic carbocycles. The number of nitrogens with zero attached hydrogens (tertiary/aromatic N) is 1. The number of benzene rings is 1. The van der Waals surface area contributed by atoms with Gasteiger partial charge in [-0.2, -0.15) is 0 Å². The van der Waals surface area contributed by atoms with Crippen LogP contribution in [0.4, 0.5) is 5.69 Å². The summed E-state index contributed by atoms with van der Waals surface area (Å²) in [4.78, 5) is 46.4. The third kappa shape index (κ3) is 6.15. The lowest BCUT2D eigenvalue weighted by molar-refractivity contribution is -0.384. The Labute approximate surface area is 150 Å². The fourth-order valence-corrected chi connectivity index (χ4v) is 1.92. The van der Waals surface area contributed by atoms with E-state index in [0.717, 1.165) is 18.2 Å². The highest BCUT2D eigenvalue weighted by atomic mass is 16.6. The number of non-ortho nitro benzene ring substituents is 1. The molecule has 0 bridgehead atoms. The van der Waals surface area contributed by atoms with E-state index in [4.69, 9.17) is 9.47 Å². The predicted octanol–water partition coefficient (Wildman–Crippen LogP) is 2.23. The van der Waals surface area contributed by atoms with E-state index in [0.29, 0.717) is 0 Å². The van der Waals surface area contributed by atoms with Crippen molar-refractivity contribution in [3.05, 3.63) is 39.4 Å². The molecule has 1 N–H and O–H groups in total. The molecule has 1 amide bonds. The molecule has 1 unspecified atom stereocenters. The van der Waals surface area contributed by atoms with Crippen LogP contribution in [0.5, 0.6) is 0 Å². The van der Waals surface area contributed by atoms with Gasteiger partial charge in [0.1, 0.15) is 0 Å². The largest absolute Gasteiger partial charge is 0.462 e. The zero-order valence-electron chi connectivity index (χ0n) is 15.3. The number of hydrogen-bond acceptors (Lipinski definition) is 7. The van der Waals surface area contributed by atoms with E-state index in [1.54, 1.807) is 27.7 Å². The van der Waals surface area contributed by atoms with Gasteiger partial charge in [0.2, 0.25) is 0 Å². The van der Waals surface area contributed by atoms with Gasteiger partial charge in [-0.1, -0.05) is 0 Å². The summed E-state index contributed by atoms with van der Waals surface area (Å²) < 4.78 is 9.84. The fourth-order valence-electron chi connectivity index (χ4n) is 1.92. The van der Waals surface area contributed by atoms with Crippen molar-refractivity contribution in [1.82, 2.24) is 5.32 Å². The average molecular weight is 366 g/mol. The average Bonchev–Trinajstić information content (AvgIpc) is 2.52. The normalized spacial score (nSPS) is 12.0. The first kappa shape index (κ1) is 21.1. The number of amides is 1. The summed E-state index contributed by atoms with van der Waals surface area (Å²) >= 11 is 0. The van der Waals surface area contributed by atoms with Gasteiger partial charge in [-0.15, -0.1) is 0 Å². The molecule has 0 heterocycles. The minimum Gasteiger partial charge on any atom is -0.462 e. The van der Waals surface area contributed by atoms with Crippen LogP contribution in [0.3, 0.4) is 0 Å². The van der Waals surface area contributed by atoms with Gasteiger partial charge < -0.3 is 14.8 Å². The second kappa shape index (κ2) is 8.41. The molecule has 0 aliphatic rings. The molecular formula is C17H22N2O7. The van der Waals surface area contributed by atoms with Crippen LogP contribution in [0.15, 0.2) is 18.2 Å². The van der Waals surface area contributed by atoms with Gasteiger partial charge in [0.25, 0.3) is 11.6 Å². The van der Waals surface area contributed by atoms with Gasteiger partial charge in [0.05, 0.1) is 22.7 Å². The zero-order valence-corrected chi connectivity index (χ0v) is 15.3. The van der Waals surface area contributed by atoms with Crippen LogP contribution in [0.2, 0.25) is 0 Å². The molecule has 0 aromatic heterocycles.